The Morgan fingerprint density at radius 2 is 1.70 bits per heavy atom. The van der Waals surface area contributed by atoms with Crippen LogP contribution < -0.4 is 0 Å². The SMILES string of the molecule is CC[C@@]12CCC[C@H]1[C@@H]1CCC3CCCC[C@]3(C)[C@H]1CC2. The third-order valence-corrected chi connectivity index (χ3v) is 8.81. The maximum absolute atomic E-state index is 2.71. The molecule has 0 aromatic heterocycles. The van der Waals surface area contributed by atoms with E-state index >= 15 is 0 Å². The monoisotopic (exact) mass is 274 g/mol. The van der Waals surface area contributed by atoms with Crippen molar-refractivity contribution in [3.8, 4) is 0 Å². The Balaban J connectivity index is 1.64. The molecule has 4 aliphatic rings. The standard InChI is InChI=1S/C20H34/c1-3-20-13-6-8-18(20)16-10-9-15-7-4-5-12-19(15,2)17(16)11-14-20/h15-18H,3-14H2,1-2H3/t15?,16-,17+,18+,19+,20+/m1/s1. The Morgan fingerprint density at radius 1 is 0.800 bits per heavy atom. The maximum atomic E-state index is 2.71. The summed E-state index contributed by atoms with van der Waals surface area (Å²) in [4.78, 5) is 0. The van der Waals surface area contributed by atoms with E-state index in [1.54, 1.807) is 57.8 Å². The zero-order chi connectivity index (χ0) is 13.8. The summed E-state index contributed by atoms with van der Waals surface area (Å²) in [6.45, 7) is 5.20. The van der Waals surface area contributed by atoms with Gasteiger partial charge in [0.05, 0.1) is 0 Å². The van der Waals surface area contributed by atoms with Gasteiger partial charge in [-0.15, -0.1) is 0 Å². The Bertz CT molecular complexity index is 372. The summed E-state index contributed by atoms with van der Waals surface area (Å²) >= 11 is 0. The Kier molecular flexibility index (Phi) is 3.24. The molecule has 0 radical (unpaired) electrons. The van der Waals surface area contributed by atoms with E-state index in [2.05, 4.69) is 13.8 Å². The van der Waals surface area contributed by atoms with Crippen LogP contribution in [-0.4, -0.2) is 0 Å². The molecule has 0 heteroatoms. The second kappa shape index (κ2) is 4.75. The highest BCUT2D eigenvalue weighted by Crippen LogP contribution is 2.66. The van der Waals surface area contributed by atoms with Crippen molar-refractivity contribution in [2.75, 3.05) is 0 Å². The number of rotatable bonds is 1. The number of hydrogen-bond donors (Lipinski definition) is 0. The minimum atomic E-state index is 0.740. The van der Waals surface area contributed by atoms with Gasteiger partial charge in [-0.1, -0.05) is 39.5 Å². The van der Waals surface area contributed by atoms with Gasteiger partial charge >= 0.3 is 0 Å². The maximum Gasteiger partial charge on any atom is -0.0266 e. The van der Waals surface area contributed by atoms with Crippen LogP contribution in [0.25, 0.3) is 0 Å². The summed E-state index contributed by atoms with van der Waals surface area (Å²) in [5.41, 5.74) is 1.53. The molecule has 4 aliphatic carbocycles. The predicted molar refractivity (Wildman–Crippen MR) is 85.6 cm³/mol. The van der Waals surface area contributed by atoms with E-state index in [1.165, 1.54) is 19.3 Å². The minimum Gasteiger partial charge on any atom is -0.0648 e. The molecule has 1 unspecified atom stereocenters. The quantitative estimate of drug-likeness (QED) is 0.534. The molecule has 4 saturated carbocycles. The molecular weight excluding hydrogens is 240 g/mol. The van der Waals surface area contributed by atoms with Gasteiger partial charge in [-0.25, -0.2) is 0 Å². The average molecular weight is 274 g/mol. The highest BCUT2D eigenvalue weighted by Gasteiger charge is 2.57. The summed E-state index contributed by atoms with van der Waals surface area (Å²) in [7, 11) is 0. The lowest BCUT2D eigenvalue weighted by atomic mass is 9.45. The van der Waals surface area contributed by atoms with Gasteiger partial charge in [0.25, 0.3) is 0 Å². The van der Waals surface area contributed by atoms with E-state index < -0.39 is 0 Å². The molecule has 0 saturated heterocycles. The molecule has 0 nitrogen and oxygen atoms in total. The molecule has 114 valence electrons. The van der Waals surface area contributed by atoms with Crippen LogP contribution >= 0.6 is 0 Å². The molecule has 0 aromatic carbocycles. The molecule has 4 fully saturated rings. The van der Waals surface area contributed by atoms with Crippen molar-refractivity contribution in [2.24, 2.45) is 34.5 Å². The molecule has 20 heavy (non-hydrogen) atoms. The fraction of sp³-hybridized carbons (Fsp3) is 1.00. The molecule has 0 bridgehead atoms. The summed E-state index contributed by atoms with van der Waals surface area (Å²) in [5, 5.41) is 0. The Hall–Kier alpha value is 0. The highest BCUT2D eigenvalue weighted by molar-refractivity contribution is 5.07. The lowest BCUT2D eigenvalue weighted by Crippen LogP contribution is -2.52. The first-order valence-electron chi connectivity index (χ1n) is 9.70. The Labute approximate surface area is 126 Å². The van der Waals surface area contributed by atoms with Gasteiger partial charge in [0.1, 0.15) is 0 Å². The fourth-order valence-electron chi connectivity index (χ4n) is 7.70. The zero-order valence-corrected chi connectivity index (χ0v) is 13.8. The third kappa shape index (κ3) is 1.72. The lowest BCUT2D eigenvalue weighted by Gasteiger charge is -2.60. The van der Waals surface area contributed by atoms with E-state index in [9.17, 15) is 0 Å². The van der Waals surface area contributed by atoms with E-state index in [-0.39, 0.29) is 0 Å². The first-order chi connectivity index (χ1) is 9.70. The predicted octanol–water partition coefficient (Wildman–Crippen LogP) is 6.20. The lowest BCUT2D eigenvalue weighted by molar-refractivity contribution is -0.108. The normalized spacial score (nSPS) is 54.9. The van der Waals surface area contributed by atoms with E-state index in [0.717, 1.165) is 34.5 Å². The smallest absolute Gasteiger partial charge is 0.0266 e. The van der Waals surface area contributed by atoms with Crippen molar-refractivity contribution >= 4 is 0 Å². The average Bonchev–Trinajstić information content (AvgIpc) is 2.91. The van der Waals surface area contributed by atoms with Gasteiger partial charge < -0.3 is 0 Å². The molecular formula is C20H34. The van der Waals surface area contributed by atoms with Gasteiger partial charge in [-0.2, -0.15) is 0 Å². The van der Waals surface area contributed by atoms with Crippen LogP contribution in [-0.2, 0) is 0 Å². The van der Waals surface area contributed by atoms with Crippen molar-refractivity contribution in [2.45, 2.75) is 90.9 Å². The van der Waals surface area contributed by atoms with Crippen molar-refractivity contribution in [3.63, 3.8) is 0 Å². The molecule has 0 amide bonds. The summed E-state index contributed by atoms with van der Waals surface area (Å²) in [6.07, 6.45) is 18.7. The molecule has 0 heterocycles. The van der Waals surface area contributed by atoms with Crippen LogP contribution in [0, 0.1) is 34.5 Å². The van der Waals surface area contributed by atoms with Crippen LogP contribution in [0.3, 0.4) is 0 Å². The van der Waals surface area contributed by atoms with Crippen molar-refractivity contribution in [3.05, 3.63) is 0 Å². The summed E-state index contributed by atoms with van der Waals surface area (Å²) < 4.78 is 0. The highest BCUT2D eigenvalue weighted by atomic mass is 14.6. The van der Waals surface area contributed by atoms with E-state index in [1.807, 2.05) is 0 Å². The first-order valence-corrected chi connectivity index (χ1v) is 9.70. The number of fused-ring (bicyclic) bond motifs is 5. The van der Waals surface area contributed by atoms with Crippen LogP contribution in [0.5, 0.6) is 0 Å². The number of hydrogen-bond acceptors (Lipinski definition) is 0. The van der Waals surface area contributed by atoms with E-state index in [0.29, 0.717) is 0 Å². The largest absolute Gasteiger partial charge is 0.0648 e. The first kappa shape index (κ1) is 13.6. The molecule has 0 aliphatic heterocycles. The molecule has 6 atom stereocenters. The summed E-state index contributed by atoms with van der Waals surface area (Å²) in [6, 6.07) is 0. The van der Waals surface area contributed by atoms with Crippen molar-refractivity contribution < 1.29 is 0 Å². The van der Waals surface area contributed by atoms with Gasteiger partial charge in [-0.05, 0) is 85.9 Å². The van der Waals surface area contributed by atoms with Gasteiger partial charge in [0, 0.05) is 0 Å². The van der Waals surface area contributed by atoms with Crippen LogP contribution in [0.1, 0.15) is 90.9 Å². The van der Waals surface area contributed by atoms with Gasteiger partial charge in [-0.3, -0.25) is 0 Å². The zero-order valence-electron chi connectivity index (χ0n) is 13.8. The van der Waals surface area contributed by atoms with Crippen molar-refractivity contribution in [1.29, 1.82) is 0 Å². The Morgan fingerprint density at radius 3 is 2.55 bits per heavy atom. The van der Waals surface area contributed by atoms with E-state index in [4.69, 9.17) is 0 Å². The second-order valence-electron chi connectivity index (χ2n) is 9.05. The topological polar surface area (TPSA) is 0 Å². The molecule has 0 spiro atoms. The van der Waals surface area contributed by atoms with Crippen LogP contribution in [0.2, 0.25) is 0 Å². The fourth-order valence-corrected chi connectivity index (χ4v) is 7.70. The molecule has 0 aromatic rings. The van der Waals surface area contributed by atoms with Crippen LogP contribution in [0.4, 0.5) is 0 Å². The molecule has 4 rings (SSSR count). The second-order valence-corrected chi connectivity index (χ2v) is 9.05. The van der Waals surface area contributed by atoms with Gasteiger partial charge in [0.2, 0.25) is 0 Å². The molecule has 0 N–H and O–H groups in total. The summed E-state index contributed by atoms with van der Waals surface area (Å²) in [5.74, 6) is 4.42. The van der Waals surface area contributed by atoms with Crippen molar-refractivity contribution in [1.82, 2.24) is 0 Å². The van der Waals surface area contributed by atoms with Gasteiger partial charge in [0.15, 0.2) is 0 Å². The van der Waals surface area contributed by atoms with Crippen LogP contribution in [0.15, 0.2) is 0 Å². The third-order valence-electron chi connectivity index (χ3n) is 8.81. The minimum absolute atomic E-state index is 0.740.